The van der Waals surface area contributed by atoms with Crippen LogP contribution in [0.2, 0.25) is 0 Å². The zero-order valence-electron chi connectivity index (χ0n) is 22.2. The molecular formula is C29H29F3N4O5. The van der Waals surface area contributed by atoms with E-state index in [4.69, 9.17) is 19.9 Å². The van der Waals surface area contributed by atoms with E-state index in [0.717, 1.165) is 35.0 Å². The predicted octanol–water partition coefficient (Wildman–Crippen LogP) is 3.44. The molecule has 12 heteroatoms. The lowest BCUT2D eigenvalue weighted by Crippen LogP contribution is -2.52. The van der Waals surface area contributed by atoms with Crippen LogP contribution in [0, 0.1) is 0 Å². The van der Waals surface area contributed by atoms with E-state index in [0.29, 0.717) is 38.5 Å². The number of hydrogen-bond donors (Lipinski definition) is 1. The molecule has 2 amide bonds. The number of aromatic nitrogens is 1. The number of carbonyl (C=O) groups is 2. The smallest absolute Gasteiger partial charge is 0.406 e. The molecule has 0 radical (unpaired) electrons. The van der Waals surface area contributed by atoms with Crippen LogP contribution in [0.5, 0.6) is 11.5 Å². The number of nitrogens with zero attached hydrogens (tertiary/aromatic N) is 3. The molecule has 1 saturated heterocycles. The number of carbonyl (C=O) groups excluding carboxylic acids is 2. The fourth-order valence-electron chi connectivity index (χ4n) is 5.84. The van der Waals surface area contributed by atoms with Crippen LogP contribution < -0.4 is 15.2 Å². The molecule has 0 unspecified atom stereocenters. The van der Waals surface area contributed by atoms with Gasteiger partial charge in [0.25, 0.3) is 11.8 Å². The maximum Gasteiger partial charge on any atom is 0.406 e. The summed E-state index contributed by atoms with van der Waals surface area (Å²) in [6.07, 6.45) is -2.81. The number of benzene rings is 2. The van der Waals surface area contributed by atoms with Gasteiger partial charge < -0.3 is 29.4 Å². The zero-order chi connectivity index (χ0) is 28.7. The van der Waals surface area contributed by atoms with Gasteiger partial charge in [0.15, 0.2) is 11.5 Å². The topological polar surface area (TPSA) is 99.3 Å². The van der Waals surface area contributed by atoms with Crippen molar-refractivity contribution in [3.63, 3.8) is 0 Å². The summed E-state index contributed by atoms with van der Waals surface area (Å²) < 4.78 is 58.1. The molecule has 3 aliphatic rings. The van der Waals surface area contributed by atoms with Crippen LogP contribution in [0.25, 0.3) is 11.3 Å². The highest BCUT2D eigenvalue weighted by atomic mass is 19.4. The first-order valence-electron chi connectivity index (χ1n) is 13.4. The van der Waals surface area contributed by atoms with Crippen LogP contribution >= 0.6 is 0 Å². The SMILES string of the molecule is NC(=O)c1ccn(CC(F)(F)F)c1-c1cc2c(cc1C(=O)N1Cc3ccccc3C[C@H]1CN1CCOCC1)OCO2. The van der Waals surface area contributed by atoms with Gasteiger partial charge in [0.2, 0.25) is 6.79 Å². The Labute approximate surface area is 234 Å². The van der Waals surface area contributed by atoms with Crippen LogP contribution in [0.1, 0.15) is 31.8 Å². The Morgan fingerprint density at radius 3 is 2.39 bits per heavy atom. The normalized spacial score (nSPS) is 18.8. The van der Waals surface area contributed by atoms with Crippen molar-refractivity contribution >= 4 is 11.8 Å². The van der Waals surface area contributed by atoms with Gasteiger partial charge in [-0.25, -0.2) is 0 Å². The van der Waals surface area contributed by atoms with Crippen molar-refractivity contribution in [2.24, 2.45) is 5.73 Å². The number of hydrogen-bond acceptors (Lipinski definition) is 6. The van der Waals surface area contributed by atoms with Gasteiger partial charge in [-0.15, -0.1) is 0 Å². The molecule has 9 nitrogen and oxygen atoms in total. The molecule has 4 heterocycles. The molecule has 6 rings (SSSR count). The molecule has 0 saturated carbocycles. The molecule has 1 fully saturated rings. The van der Waals surface area contributed by atoms with E-state index < -0.39 is 18.6 Å². The van der Waals surface area contributed by atoms with Gasteiger partial charge in [-0.3, -0.25) is 14.5 Å². The minimum atomic E-state index is -4.58. The fraction of sp³-hybridized carbons (Fsp3) is 0.379. The highest BCUT2D eigenvalue weighted by molar-refractivity contribution is 6.06. The summed E-state index contributed by atoms with van der Waals surface area (Å²) in [5.41, 5.74) is 7.73. The highest BCUT2D eigenvalue weighted by Crippen LogP contribution is 2.42. The van der Waals surface area contributed by atoms with Crippen molar-refractivity contribution in [1.29, 1.82) is 0 Å². The van der Waals surface area contributed by atoms with Crippen molar-refractivity contribution in [2.75, 3.05) is 39.6 Å². The maximum atomic E-state index is 14.5. The number of halogens is 3. The van der Waals surface area contributed by atoms with Gasteiger partial charge in [0, 0.05) is 44.0 Å². The predicted molar refractivity (Wildman–Crippen MR) is 142 cm³/mol. The molecule has 2 aromatic carbocycles. The first-order valence-corrected chi connectivity index (χ1v) is 13.4. The lowest BCUT2D eigenvalue weighted by molar-refractivity contribution is -0.140. The third kappa shape index (κ3) is 5.49. The number of nitrogens with two attached hydrogens (primary N) is 1. The van der Waals surface area contributed by atoms with Gasteiger partial charge >= 0.3 is 6.18 Å². The largest absolute Gasteiger partial charge is 0.454 e. The fourth-order valence-corrected chi connectivity index (χ4v) is 5.84. The zero-order valence-corrected chi connectivity index (χ0v) is 22.2. The van der Waals surface area contributed by atoms with E-state index in [1.165, 1.54) is 18.2 Å². The lowest BCUT2D eigenvalue weighted by atomic mass is 9.91. The van der Waals surface area contributed by atoms with E-state index in [1.54, 1.807) is 4.90 Å². The van der Waals surface area contributed by atoms with Crippen molar-refractivity contribution < 1.29 is 37.0 Å². The molecule has 3 aliphatic heterocycles. The van der Waals surface area contributed by atoms with Gasteiger partial charge in [-0.1, -0.05) is 24.3 Å². The van der Waals surface area contributed by atoms with E-state index >= 15 is 0 Å². The first-order chi connectivity index (χ1) is 19.7. The Morgan fingerprint density at radius 1 is 0.976 bits per heavy atom. The van der Waals surface area contributed by atoms with Crippen LogP contribution in [0.15, 0.2) is 48.7 Å². The molecule has 41 heavy (non-hydrogen) atoms. The molecule has 1 atom stereocenters. The number of alkyl halides is 3. The van der Waals surface area contributed by atoms with E-state index in [-0.39, 0.29) is 46.9 Å². The van der Waals surface area contributed by atoms with Crippen LogP contribution in [0.3, 0.4) is 0 Å². The third-order valence-corrected chi connectivity index (χ3v) is 7.77. The molecule has 3 aromatic rings. The van der Waals surface area contributed by atoms with E-state index in [1.807, 2.05) is 18.2 Å². The Balaban J connectivity index is 1.46. The number of ether oxygens (including phenoxy) is 3. The van der Waals surface area contributed by atoms with Gasteiger partial charge in [0.05, 0.1) is 30.0 Å². The average Bonchev–Trinajstić information content (AvgIpc) is 3.57. The van der Waals surface area contributed by atoms with Crippen molar-refractivity contribution in [3.8, 4) is 22.8 Å². The van der Waals surface area contributed by atoms with Crippen LogP contribution in [-0.2, 0) is 24.2 Å². The maximum absolute atomic E-state index is 14.5. The minimum Gasteiger partial charge on any atom is -0.454 e. The molecule has 0 spiro atoms. The molecule has 1 aromatic heterocycles. The van der Waals surface area contributed by atoms with Gasteiger partial charge in [-0.2, -0.15) is 13.2 Å². The van der Waals surface area contributed by atoms with Crippen LogP contribution in [0.4, 0.5) is 13.2 Å². The molecule has 2 N–H and O–H groups in total. The van der Waals surface area contributed by atoms with Crippen molar-refractivity contribution in [2.45, 2.75) is 31.7 Å². The number of morpholine rings is 1. The number of fused-ring (bicyclic) bond motifs is 2. The standard InChI is InChI=1S/C29H29F3N4O5/c30-29(31,32)16-35-6-5-21(27(33)37)26(35)22-12-24-25(41-17-40-24)13-23(22)28(38)36-14-19-4-2-1-3-18(19)11-20(36)15-34-7-9-39-10-8-34/h1-6,12-13,20H,7-11,14-17H2,(H2,33,37)/t20-/m0/s1. The minimum absolute atomic E-state index is 0.0985. The third-order valence-electron chi connectivity index (χ3n) is 7.77. The van der Waals surface area contributed by atoms with Crippen molar-refractivity contribution in [3.05, 3.63) is 70.9 Å². The Kier molecular flexibility index (Phi) is 7.12. The number of primary amides is 1. The summed E-state index contributed by atoms with van der Waals surface area (Å²) in [7, 11) is 0. The van der Waals surface area contributed by atoms with Crippen LogP contribution in [-0.4, -0.2) is 78.0 Å². The summed E-state index contributed by atoms with van der Waals surface area (Å²) in [5.74, 6) is -0.732. The molecule has 216 valence electrons. The lowest BCUT2D eigenvalue weighted by Gasteiger charge is -2.40. The van der Waals surface area contributed by atoms with Gasteiger partial charge in [-0.05, 0) is 35.7 Å². The van der Waals surface area contributed by atoms with Crippen molar-refractivity contribution in [1.82, 2.24) is 14.4 Å². The summed E-state index contributed by atoms with van der Waals surface area (Å²) in [5, 5.41) is 0. The Bertz CT molecular complexity index is 1480. The second-order valence-corrected chi connectivity index (χ2v) is 10.4. The monoisotopic (exact) mass is 570 g/mol. The summed E-state index contributed by atoms with van der Waals surface area (Å²) in [4.78, 5) is 30.9. The van der Waals surface area contributed by atoms with E-state index in [2.05, 4.69) is 11.0 Å². The van der Waals surface area contributed by atoms with Gasteiger partial charge in [0.1, 0.15) is 6.54 Å². The number of rotatable bonds is 6. The highest BCUT2D eigenvalue weighted by Gasteiger charge is 2.36. The quantitative estimate of drug-likeness (QED) is 0.488. The average molecular weight is 571 g/mol. The molecular weight excluding hydrogens is 541 g/mol. The first kappa shape index (κ1) is 27.2. The second-order valence-electron chi connectivity index (χ2n) is 10.4. The summed E-state index contributed by atoms with van der Waals surface area (Å²) >= 11 is 0. The Morgan fingerprint density at radius 2 is 1.68 bits per heavy atom. The molecule has 0 aliphatic carbocycles. The Hall–Kier alpha value is -4.03. The molecule has 0 bridgehead atoms. The number of amides is 2. The van der Waals surface area contributed by atoms with E-state index in [9.17, 15) is 22.8 Å². The summed E-state index contributed by atoms with van der Waals surface area (Å²) in [6, 6.07) is 11.9. The second kappa shape index (κ2) is 10.7. The summed E-state index contributed by atoms with van der Waals surface area (Å²) in [6.45, 7) is 2.16.